The summed E-state index contributed by atoms with van der Waals surface area (Å²) < 4.78 is 9.84. The number of aromatic nitrogens is 2. The van der Waals surface area contributed by atoms with E-state index in [1.54, 1.807) is 6.92 Å². The summed E-state index contributed by atoms with van der Waals surface area (Å²) in [6.07, 6.45) is 0. The van der Waals surface area contributed by atoms with E-state index in [0.29, 0.717) is 24.1 Å². The third kappa shape index (κ3) is 1.80. The molecule has 0 saturated heterocycles. The Morgan fingerprint density at radius 3 is 2.91 bits per heavy atom. The molecular weight excluding hydrogens is 144 g/mol. The first kappa shape index (κ1) is 7.78. The Hall–Kier alpha value is -1.32. The van der Waals surface area contributed by atoms with Crippen LogP contribution in [0, 0.1) is 6.92 Å². The van der Waals surface area contributed by atoms with E-state index < -0.39 is 0 Å². The van der Waals surface area contributed by atoms with Gasteiger partial charge in [0.05, 0.1) is 6.61 Å². The molecule has 0 amide bonds. The summed E-state index contributed by atoms with van der Waals surface area (Å²) in [5, 5.41) is 3.59. The van der Waals surface area contributed by atoms with E-state index in [9.17, 15) is 0 Å². The molecule has 4 nitrogen and oxygen atoms in total. The smallest absolute Gasteiger partial charge is 0.292 e. The molecule has 0 N–H and O–H groups in total. The van der Waals surface area contributed by atoms with Gasteiger partial charge in [0.1, 0.15) is 0 Å². The molecule has 0 spiro atoms. The van der Waals surface area contributed by atoms with Crippen molar-refractivity contribution in [2.75, 3.05) is 6.61 Å². The first-order chi connectivity index (χ1) is 5.24. The van der Waals surface area contributed by atoms with Crippen LogP contribution in [-0.4, -0.2) is 16.7 Å². The Morgan fingerprint density at radius 2 is 2.45 bits per heavy atom. The van der Waals surface area contributed by atoms with Crippen LogP contribution in [0.3, 0.4) is 0 Å². The van der Waals surface area contributed by atoms with Crippen LogP contribution in [0.5, 0.6) is 0 Å². The lowest BCUT2D eigenvalue weighted by molar-refractivity contribution is 0.276. The first-order valence-electron chi connectivity index (χ1n) is 3.36. The van der Waals surface area contributed by atoms with Crippen LogP contribution in [-0.2, 0) is 4.74 Å². The van der Waals surface area contributed by atoms with Gasteiger partial charge in [-0.05, 0) is 13.8 Å². The third-order valence-corrected chi connectivity index (χ3v) is 1.08. The van der Waals surface area contributed by atoms with Crippen LogP contribution in [0.4, 0.5) is 0 Å². The number of ether oxygens (including phenoxy) is 1. The second-order valence-corrected chi connectivity index (χ2v) is 2.00. The molecule has 0 atom stereocenters. The normalized spacial score (nSPS) is 9.64. The van der Waals surface area contributed by atoms with E-state index in [-0.39, 0.29) is 0 Å². The molecule has 0 bridgehead atoms. The molecule has 60 valence electrons. The van der Waals surface area contributed by atoms with Gasteiger partial charge in [0.25, 0.3) is 5.89 Å². The predicted molar refractivity (Wildman–Crippen MR) is 39.7 cm³/mol. The monoisotopic (exact) mass is 154 g/mol. The maximum absolute atomic E-state index is 5.05. The molecule has 0 aliphatic rings. The van der Waals surface area contributed by atoms with Crippen molar-refractivity contribution in [3.8, 4) is 0 Å². The number of hydrogen-bond donors (Lipinski definition) is 0. The Labute approximate surface area is 64.9 Å². The van der Waals surface area contributed by atoms with Gasteiger partial charge in [-0.3, -0.25) is 0 Å². The van der Waals surface area contributed by atoms with Gasteiger partial charge >= 0.3 is 0 Å². The van der Waals surface area contributed by atoms with Crippen LogP contribution in [0.15, 0.2) is 11.1 Å². The standard InChI is InChI=1S/C7H10N2O2/c1-4-10-5(2)7-8-6(3)9-11-7/h2,4H2,1,3H3. The van der Waals surface area contributed by atoms with Crippen molar-refractivity contribution in [3.05, 3.63) is 18.3 Å². The Morgan fingerprint density at radius 1 is 1.73 bits per heavy atom. The van der Waals surface area contributed by atoms with Crippen LogP contribution < -0.4 is 0 Å². The quantitative estimate of drug-likeness (QED) is 0.617. The average molecular weight is 154 g/mol. The summed E-state index contributed by atoms with van der Waals surface area (Å²) in [4.78, 5) is 3.93. The molecule has 0 radical (unpaired) electrons. The maximum Gasteiger partial charge on any atom is 0.292 e. The van der Waals surface area contributed by atoms with Gasteiger partial charge in [-0.15, -0.1) is 0 Å². The SMILES string of the molecule is C=C(OCC)c1nc(C)no1. The van der Waals surface area contributed by atoms with Crippen LogP contribution in [0.2, 0.25) is 0 Å². The van der Waals surface area contributed by atoms with Crippen molar-refractivity contribution < 1.29 is 9.26 Å². The van der Waals surface area contributed by atoms with E-state index in [1.165, 1.54) is 0 Å². The summed E-state index contributed by atoms with van der Waals surface area (Å²) in [5.74, 6) is 1.36. The summed E-state index contributed by atoms with van der Waals surface area (Å²) >= 11 is 0. The molecular formula is C7H10N2O2. The van der Waals surface area contributed by atoms with Gasteiger partial charge in [-0.25, -0.2) is 0 Å². The molecule has 0 saturated carbocycles. The van der Waals surface area contributed by atoms with E-state index in [4.69, 9.17) is 9.26 Å². The summed E-state index contributed by atoms with van der Waals surface area (Å²) in [6, 6.07) is 0. The van der Waals surface area contributed by atoms with Gasteiger partial charge in [0.2, 0.25) is 0 Å². The van der Waals surface area contributed by atoms with Gasteiger partial charge in [0, 0.05) is 0 Å². The molecule has 0 aromatic carbocycles. The van der Waals surface area contributed by atoms with Crippen molar-refractivity contribution in [2.24, 2.45) is 0 Å². The molecule has 0 aliphatic carbocycles. The lowest BCUT2D eigenvalue weighted by atomic mass is 10.5. The van der Waals surface area contributed by atoms with E-state index in [1.807, 2.05) is 6.92 Å². The first-order valence-corrected chi connectivity index (χ1v) is 3.36. The van der Waals surface area contributed by atoms with Crippen molar-refractivity contribution in [2.45, 2.75) is 13.8 Å². The van der Waals surface area contributed by atoms with E-state index in [2.05, 4.69) is 16.7 Å². The fourth-order valence-corrected chi connectivity index (χ4v) is 0.646. The Balaban J connectivity index is 2.69. The van der Waals surface area contributed by atoms with Crippen LogP contribution in [0.1, 0.15) is 18.6 Å². The molecule has 0 aliphatic heterocycles. The van der Waals surface area contributed by atoms with E-state index in [0.717, 1.165) is 0 Å². The second-order valence-electron chi connectivity index (χ2n) is 2.00. The minimum Gasteiger partial charge on any atom is -0.489 e. The summed E-state index contributed by atoms with van der Waals surface area (Å²) in [5.41, 5.74) is 0. The molecule has 1 rings (SSSR count). The largest absolute Gasteiger partial charge is 0.489 e. The van der Waals surface area contributed by atoms with Crippen molar-refractivity contribution in [1.29, 1.82) is 0 Å². The average Bonchev–Trinajstić information content (AvgIpc) is 2.36. The van der Waals surface area contributed by atoms with Gasteiger partial charge < -0.3 is 9.26 Å². The summed E-state index contributed by atoms with van der Waals surface area (Å²) in [7, 11) is 0. The number of rotatable bonds is 3. The Kier molecular flexibility index (Phi) is 2.25. The second kappa shape index (κ2) is 3.18. The maximum atomic E-state index is 5.05. The van der Waals surface area contributed by atoms with Crippen LogP contribution >= 0.6 is 0 Å². The molecule has 1 aromatic heterocycles. The zero-order valence-electron chi connectivity index (χ0n) is 6.63. The fourth-order valence-electron chi connectivity index (χ4n) is 0.646. The number of hydrogen-bond acceptors (Lipinski definition) is 4. The Bertz CT molecular complexity index is 255. The van der Waals surface area contributed by atoms with Gasteiger partial charge in [-0.1, -0.05) is 11.7 Å². The topological polar surface area (TPSA) is 48.2 Å². The lowest BCUT2D eigenvalue weighted by Gasteiger charge is -1.98. The lowest BCUT2D eigenvalue weighted by Crippen LogP contribution is -1.89. The zero-order valence-corrected chi connectivity index (χ0v) is 6.63. The molecule has 0 unspecified atom stereocenters. The highest BCUT2D eigenvalue weighted by Gasteiger charge is 2.06. The minimum atomic E-state index is 0.351. The van der Waals surface area contributed by atoms with Gasteiger partial charge in [-0.2, -0.15) is 4.98 Å². The number of nitrogens with zero attached hydrogens (tertiary/aromatic N) is 2. The molecule has 1 aromatic rings. The minimum absolute atomic E-state index is 0.351. The third-order valence-electron chi connectivity index (χ3n) is 1.08. The fraction of sp³-hybridized carbons (Fsp3) is 0.429. The van der Waals surface area contributed by atoms with Crippen molar-refractivity contribution in [1.82, 2.24) is 10.1 Å². The zero-order chi connectivity index (χ0) is 8.27. The summed E-state index contributed by atoms with van der Waals surface area (Å²) in [6.45, 7) is 7.78. The van der Waals surface area contributed by atoms with E-state index >= 15 is 0 Å². The molecule has 11 heavy (non-hydrogen) atoms. The highest BCUT2D eigenvalue weighted by molar-refractivity contribution is 5.47. The molecule has 0 fully saturated rings. The molecule has 1 heterocycles. The van der Waals surface area contributed by atoms with Crippen molar-refractivity contribution in [3.63, 3.8) is 0 Å². The molecule has 4 heteroatoms. The highest BCUT2D eigenvalue weighted by atomic mass is 16.5. The predicted octanol–water partition coefficient (Wildman–Crippen LogP) is 1.39. The number of aryl methyl sites for hydroxylation is 1. The van der Waals surface area contributed by atoms with Crippen LogP contribution in [0.25, 0.3) is 5.76 Å². The van der Waals surface area contributed by atoms with Gasteiger partial charge in [0.15, 0.2) is 11.6 Å². The van der Waals surface area contributed by atoms with Crippen molar-refractivity contribution >= 4 is 5.76 Å². The highest BCUT2D eigenvalue weighted by Crippen LogP contribution is 2.09.